The van der Waals surface area contributed by atoms with Crippen LogP contribution in [0.3, 0.4) is 0 Å². The number of amides is 2. The van der Waals surface area contributed by atoms with Crippen LogP contribution in [0.2, 0.25) is 20.1 Å². The summed E-state index contributed by atoms with van der Waals surface area (Å²) >= 11 is 23.4. The van der Waals surface area contributed by atoms with Gasteiger partial charge >= 0.3 is 19.5 Å². The molecule has 4 aromatic rings. The fourth-order valence-corrected chi connectivity index (χ4v) is 4.04. The Morgan fingerprint density at radius 2 is 0.951 bits per heavy atom. The zero-order valence-electron chi connectivity index (χ0n) is 21.2. The predicted molar refractivity (Wildman–Crippen MR) is 162 cm³/mol. The molecule has 0 saturated heterocycles. The first-order valence-electron chi connectivity index (χ1n) is 11.3. The Kier molecular flexibility index (Phi) is 13.8. The number of rotatable bonds is 6. The van der Waals surface area contributed by atoms with Crippen LogP contribution in [0.25, 0.3) is 0 Å². The third kappa shape index (κ3) is 10.5. The van der Waals surface area contributed by atoms with Crippen molar-refractivity contribution in [2.24, 2.45) is 10.2 Å². The van der Waals surface area contributed by atoms with E-state index < -0.39 is 0 Å². The molecule has 0 atom stereocenters. The first-order valence-corrected chi connectivity index (χ1v) is 12.8. The van der Waals surface area contributed by atoms with Crippen molar-refractivity contribution in [2.75, 3.05) is 0 Å². The minimum absolute atomic E-state index is 0. The fourth-order valence-electron chi connectivity index (χ4n) is 3.02. The molecule has 4 aromatic carbocycles. The van der Waals surface area contributed by atoms with Crippen molar-refractivity contribution >= 4 is 70.6 Å². The van der Waals surface area contributed by atoms with Gasteiger partial charge in [0.25, 0.3) is 23.3 Å². The van der Waals surface area contributed by atoms with E-state index in [-0.39, 0.29) is 52.8 Å². The Labute approximate surface area is 268 Å². The number of halogens is 4. The maximum atomic E-state index is 11.7. The van der Waals surface area contributed by atoms with E-state index in [0.29, 0.717) is 32.3 Å². The Morgan fingerprint density at radius 3 is 1.29 bits per heavy atom. The maximum absolute atomic E-state index is 11.7. The summed E-state index contributed by atoms with van der Waals surface area (Å²) in [6.45, 7) is 0. The van der Waals surface area contributed by atoms with Crippen LogP contribution in [0.15, 0.2) is 95.1 Å². The molecule has 13 heteroatoms. The van der Waals surface area contributed by atoms with Crippen molar-refractivity contribution in [3.63, 3.8) is 0 Å². The van der Waals surface area contributed by atoms with Crippen molar-refractivity contribution in [3.05, 3.63) is 127 Å². The Balaban J connectivity index is 0.000000280. The molecule has 0 saturated carbocycles. The second-order valence-electron chi connectivity index (χ2n) is 7.83. The summed E-state index contributed by atoms with van der Waals surface area (Å²) in [5, 5.41) is 24.4. The van der Waals surface area contributed by atoms with Gasteiger partial charge in [-0.2, -0.15) is 10.2 Å². The number of hydrogen-bond acceptors (Lipinski definition) is 4. The molecule has 0 aromatic heterocycles. The molecular formula is C28H22Cl4N4O4Zn+4. The molecule has 0 unspecified atom stereocenters. The van der Waals surface area contributed by atoms with Gasteiger partial charge in [0, 0.05) is 21.2 Å². The molecular weight excluding hydrogens is 664 g/mol. The molecule has 6 N–H and O–H groups in total. The maximum Gasteiger partial charge on any atom is 2.00 e. The summed E-state index contributed by atoms with van der Waals surface area (Å²) in [7, 11) is 0. The van der Waals surface area contributed by atoms with Gasteiger partial charge in [-0.1, -0.05) is 82.8 Å². The van der Waals surface area contributed by atoms with Crippen molar-refractivity contribution < 1.29 is 39.3 Å². The molecule has 0 aliphatic rings. The molecule has 0 aliphatic heterocycles. The van der Waals surface area contributed by atoms with E-state index >= 15 is 0 Å². The summed E-state index contributed by atoms with van der Waals surface area (Å²) in [5.41, 5.74) is 6.60. The SMILES string of the molecule is O=C(NN=Cc1cc(Cl)cc(Cl)c1[OH2+])c1ccccc1.O=C(NN=Cc1cc(Cl)cc(Cl)c1[OH2+])c1ccccc1.[Zn+2]. The number of nitrogens with zero attached hydrogens (tertiary/aromatic N) is 2. The molecule has 41 heavy (non-hydrogen) atoms. The molecule has 0 fully saturated rings. The van der Waals surface area contributed by atoms with Crippen molar-refractivity contribution in [1.29, 1.82) is 0 Å². The summed E-state index contributed by atoms with van der Waals surface area (Å²) in [4.78, 5) is 23.5. The predicted octanol–water partition coefficient (Wildman–Crippen LogP) is 6.39. The van der Waals surface area contributed by atoms with Gasteiger partial charge in [-0.25, -0.2) is 10.9 Å². The van der Waals surface area contributed by atoms with Crippen LogP contribution in [-0.4, -0.2) is 34.5 Å². The Hall–Kier alpha value is -3.46. The fraction of sp³-hybridized carbons (Fsp3) is 0. The smallest absolute Gasteiger partial charge is 0.592 e. The van der Waals surface area contributed by atoms with Crippen LogP contribution in [0.4, 0.5) is 0 Å². The molecule has 0 spiro atoms. The molecule has 2 amide bonds. The van der Waals surface area contributed by atoms with Gasteiger partial charge < -0.3 is 10.2 Å². The van der Waals surface area contributed by atoms with Crippen LogP contribution >= 0.6 is 46.4 Å². The number of hydrazone groups is 2. The first kappa shape index (κ1) is 33.7. The number of benzene rings is 4. The van der Waals surface area contributed by atoms with E-state index in [1.807, 2.05) is 12.1 Å². The Morgan fingerprint density at radius 1 is 0.610 bits per heavy atom. The average Bonchev–Trinajstić information content (AvgIpc) is 2.95. The van der Waals surface area contributed by atoms with Gasteiger partial charge in [-0.15, -0.1) is 0 Å². The van der Waals surface area contributed by atoms with Gasteiger partial charge in [0.1, 0.15) is 10.0 Å². The topological polar surface area (TPSA) is 129 Å². The number of carbonyl (C=O) groups is 2. The van der Waals surface area contributed by atoms with Gasteiger partial charge in [-0.05, 0) is 48.5 Å². The molecule has 4 rings (SSSR count). The third-order valence-electron chi connectivity index (χ3n) is 4.98. The number of carbonyl (C=O) groups excluding carboxylic acids is 2. The number of hydrogen-bond donors (Lipinski definition) is 2. The summed E-state index contributed by atoms with van der Waals surface area (Å²) in [6, 6.07) is 23.4. The van der Waals surface area contributed by atoms with Crippen molar-refractivity contribution in [3.8, 4) is 11.5 Å². The van der Waals surface area contributed by atoms with E-state index in [4.69, 9.17) is 56.6 Å². The molecule has 0 bridgehead atoms. The zero-order valence-corrected chi connectivity index (χ0v) is 27.2. The minimum Gasteiger partial charge on any atom is -0.592 e. The van der Waals surface area contributed by atoms with Crippen LogP contribution in [0.1, 0.15) is 31.8 Å². The standard InChI is InChI=1S/2C14H10Cl2N2O2.Zn/c2*15-11-6-10(13(19)12(16)7-11)8-17-18-14(20)9-4-2-1-3-5-9;/h2*1-8,19H,(H,18,20);/q;;+2/p+2. The van der Waals surface area contributed by atoms with Gasteiger partial charge in [-0.3, -0.25) is 9.59 Å². The van der Waals surface area contributed by atoms with Gasteiger partial charge in [0.2, 0.25) is 0 Å². The molecule has 0 heterocycles. The normalized spacial score (nSPS) is 10.4. The van der Waals surface area contributed by atoms with E-state index in [1.54, 1.807) is 60.7 Å². The summed E-state index contributed by atoms with van der Waals surface area (Å²) in [5.74, 6) is -0.453. The van der Waals surface area contributed by atoms with Crippen LogP contribution in [-0.2, 0) is 19.5 Å². The number of nitrogens with one attached hydrogen (secondary N) is 2. The van der Waals surface area contributed by atoms with E-state index in [0.717, 1.165) is 0 Å². The summed E-state index contributed by atoms with van der Waals surface area (Å²) in [6.07, 6.45) is 2.67. The minimum atomic E-state index is -0.332. The van der Waals surface area contributed by atoms with Crippen molar-refractivity contribution in [2.45, 2.75) is 0 Å². The van der Waals surface area contributed by atoms with Crippen LogP contribution < -0.4 is 10.9 Å². The first-order chi connectivity index (χ1) is 19.2. The third-order valence-corrected chi connectivity index (χ3v) is 6.02. The second-order valence-corrected chi connectivity index (χ2v) is 9.52. The van der Waals surface area contributed by atoms with E-state index in [9.17, 15) is 9.59 Å². The van der Waals surface area contributed by atoms with E-state index in [1.165, 1.54) is 24.6 Å². The average molecular weight is 686 g/mol. The van der Waals surface area contributed by atoms with Crippen molar-refractivity contribution in [1.82, 2.24) is 10.9 Å². The zero-order chi connectivity index (χ0) is 29.1. The van der Waals surface area contributed by atoms with Gasteiger partial charge in [0.05, 0.1) is 23.6 Å². The van der Waals surface area contributed by atoms with Crippen LogP contribution in [0.5, 0.6) is 11.5 Å². The largest absolute Gasteiger partial charge is 2.00 e. The quantitative estimate of drug-likeness (QED) is 0.106. The monoisotopic (exact) mass is 682 g/mol. The Bertz CT molecular complexity index is 1440. The molecule has 8 nitrogen and oxygen atoms in total. The van der Waals surface area contributed by atoms with E-state index in [2.05, 4.69) is 21.1 Å². The molecule has 0 aliphatic carbocycles. The molecule has 0 radical (unpaired) electrons. The summed E-state index contributed by atoms with van der Waals surface area (Å²) < 4.78 is 0. The second kappa shape index (κ2) is 16.7. The molecule has 204 valence electrons. The van der Waals surface area contributed by atoms with Gasteiger partial charge in [0.15, 0.2) is 0 Å². The van der Waals surface area contributed by atoms with Crippen LogP contribution in [0, 0.1) is 0 Å².